The number of hydrogen-bond donors (Lipinski definition) is 1. The summed E-state index contributed by atoms with van der Waals surface area (Å²) in [4.78, 5) is 23.7. The highest BCUT2D eigenvalue weighted by Gasteiger charge is 2.25. The van der Waals surface area contributed by atoms with Crippen LogP contribution in [0.15, 0.2) is 24.3 Å². The van der Waals surface area contributed by atoms with E-state index in [2.05, 4.69) is 5.32 Å². The number of Topliss-reactive ketones (excluding diaryl/α,β-unsaturated/α-hetero) is 1. The van der Waals surface area contributed by atoms with E-state index in [0.717, 1.165) is 11.4 Å². The SMILES string of the molecule is CCOC(=O)C[C@@H](Nc1ccc(OC)cc1)[C@H](C)C(=O)CC. The molecule has 0 saturated heterocycles. The first-order valence-electron chi connectivity index (χ1n) is 7.60. The maximum absolute atomic E-state index is 12.0. The van der Waals surface area contributed by atoms with Crippen molar-refractivity contribution in [1.82, 2.24) is 0 Å². The fraction of sp³-hybridized carbons (Fsp3) is 0.529. The predicted octanol–water partition coefficient (Wildman–Crippen LogP) is 3.04. The summed E-state index contributed by atoms with van der Waals surface area (Å²) in [5, 5.41) is 3.26. The normalized spacial score (nSPS) is 13.1. The predicted molar refractivity (Wildman–Crippen MR) is 86.1 cm³/mol. The van der Waals surface area contributed by atoms with Crippen LogP contribution in [0.1, 0.15) is 33.6 Å². The van der Waals surface area contributed by atoms with E-state index >= 15 is 0 Å². The number of nitrogens with one attached hydrogen (secondary N) is 1. The van der Waals surface area contributed by atoms with Gasteiger partial charge in [-0.25, -0.2) is 0 Å². The van der Waals surface area contributed by atoms with Crippen LogP contribution in [0.3, 0.4) is 0 Å². The van der Waals surface area contributed by atoms with E-state index in [1.54, 1.807) is 14.0 Å². The topological polar surface area (TPSA) is 64.6 Å². The average Bonchev–Trinajstić information content (AvgIpc) is 2.53. The van der Waals surface area contributed by atoms with Crippen molar-refractivity contribution in [2.75, 3.05) is 19.0 Å². The van der Waals surface area contributed by atoms with Crippen molar-refractivity contribution in [1.29, 1.82) is 0 Å². The molecule has 0 bridgehead atoms. The van der Waals surface area contributed by atoms with Crippen molar-refractivity contribution >= 4 is 17.4 Å². The van der Waals surface area contributed by atoms with Gasteiger partial charge in [-0.2, -0.15) is 0 Å². The summed E-state index contributed by atoms with van der Waals surface area (Å²) in [6, 6.07) is 7.09. The summed E-state index contributed by atoms with van der Waals surface area (Å²) >= 11 is 0. The zero-order valence-electron chi connectivity index (χ0n) is 13.7. The minimum absolute atomic E-state index is 0.121. The molecule has 0 heterocycles. The summed E-state index contributed by atoms with van der Waals surface area (Å²) in [7, 11) is 1.61. The van der Waals surface area contributed by atoms with Crippen molar-refractivity contribution in [3.63, 3.8) is 0 Å². The fourth-order valence-electron chi connectivity index (χ4n) is 2.20. The number of anilines is 1. The van der Waals surface area contributed by atoms with E-state index in [1.807, 2.05) is 38.1 Å². The molecule has 0 aliphatic heterocycles. The van der Waals surface area contributed by atoms with Gasteiger partial charge in [-0.3, -0.25) is 9.59 Å². The van der Waals surface area contributed by atoms with Gasteiger partial charge in [0.25, 0.3) is 0 Å². The summed E-state index contributed by atoms with van der Waals surface area (Å²) in [6.07, 6.45) is 0.609. The molecule has 122 valence electrons. The number of rotatable bonds is 9. The second kappa shape index (κ2) is 9.07. The van der Waals surface area contributed by atoms with Gasteiger partial charge in [0.15, 0.2) is 0 Å². The molecule has 0 aromatic heterocycles. The van der Waals surface area contributed by atoms with Crippen LogP contribution >= 0.6 is 0 Å². The lowest BCUT2D eigenvalue weighted by Gasteiger charge is -2.24. The zero-order chi connectivity index (χ0) is 16.5. The quantitative estimate of drug-likeness (QED) is 0.710. The lowest BCUT2D eigenvalue weighted by molar-refractivity contribution is -0.143. The summed E-state index contributed by atoms with van der Waals surface area (Å²) in [6.45, 7) is 5.77. The molecule has 0 amide bonds. The highest BCUT2D eigenvalue weighted by Crippen LogP contribution is 2.20. The fourth-order valence-corrected chi connectivity index (χ4v) is 2.20. The Balaban J connectivity index is 2.83. The van der Waals surface area contributed by atoms with Crippen LogP contribution in [0, 0.1) is 5.92 Å². The number of ether oxygens (including phenoxy) is 2. The van der Waals surface area contributed by atoms with Crippen LogP contribution in [-0.4, -0.2) is 31.5 Å². The van der Waals surface area contributed by atoms with Gasteiger partial charge in [-0.05, 0) is 31.2 Å². The Kier molecular flexibility index (Phi) is 7.43. The average molecular weight is 307 g/mol. The molecule has 0 aliphatic rings. The van der Waals surface area contributed by atoms with Crippen LogP contribution in [-0.2, 0) is 14.3 Å². The molecule has 5 nitrogen and oxygen atoms in total. The highest BCUT2D eigenvalue weighted by molar-refractivity contribution is 5.82. The van der Waals surface area contributed by atoms with Gasteiger partial charge in [0, 0.05) is 24.1 Å². The smallest absolute Gasteiger partial charge is 0.307 e. The van der Waals surface area contributed by atoms with Crippen molar-refractivity contribution in [2.45, 2.75) is 39.7 Å². The van der Waals surface area contributed by atoms with Crippen molar-refractivity contribution in [3.05, 3.63) is 24.3 Å². The minimum atomic E-state index is -0.302. The molecule has 0 spiro atoms. The largest absolute Gasteiger partial charge is 0.497 e. The molecule has 1 rings (SSSR count). The number of carbonyl (C=O) groups is 2. The molecule has 0 aliphatic carbocycles. The van der Waals surface area contributed by atoms with Crippen molar-refractivity contribution < 1.29 is 19.1 Å². The minimum Gasteiger partial charge on any atom is -0.497 e. The van der Waals surface area contributed by atoms with Gasteiger partial charge in [-0.15, -0.1) is 0 Å². The third kappa shape index (κ3) is 5.39. The van der Waals surface area contributed by atoms with E-state index < -0.39 is 0 Å². The summed E-state index contributed by atoms with van der Waals surface area (Å²) in [5.74, 6) is 0.307. The Labute approximate surface area is 132 Å². The van der Waals surface area contributed by atoms with Crippen molar-refractivity contribution in [2.24, 2.45) is 5.92 Å². The molecule has 0 fully saturated rings. The third-order valence-electron chi connectivity index (χ3n) is 3.59. The van der Waals surface area contributed by atoms with Gasteiger partial charge in [0.05, 0.1) is 20.1 Å². The lowest BCUT2D eigenvalue weighted by atomic mass is 9.93. The van der Waals surface area contributed by atoms with Crippen LogP contribution in [0.2, 0.25) is 0 Å². The van der Waals surface area contributed by atoms with E-state index in [4.69, 9.17) is 9.47 Å². The first kappa shape index (κ1) is 18.0. The maximum atomic E-state index is 12.0. The first-order chi connectivity index (χ1) is 10.5. The van der Waals surface area contributed by atoms with Gasteiger partial charge in [0.2, 0.25) is 0 Å². The number of methoxy groups -OCH3 is 1. The molecule has 22 heavy (non-hydrogen) atoms. The Hall–Kier alpha value is -2.04. The second-order valence-corrected chi connectivity index (χ2v) is 5.10. The first-order valence-corrected chi connectivity index (χ1v) is 7.60. The van der Waals surface area contributed by atoms with E-state index in [-0.39, 0.29) is 30.1 Å². The molecule has 1 aromatic carbocycles. The van der Waals surface area contributed by atoms with E-state index in [1.165, 1.54) is 0 Å². The molecule has 5 heteroatoms. The van der Waals surface area contributed by atoms with E-state index in [0.29, 0.717) is 13.0 Å². The Morgan fingerprint density at radius 1 is 1.18 bits per heavy atom. The van der Waals surface area contributed by atoms with E-state index in [9.17, 15) is 9.59 Å². The summed E-state index contributed by atoms with van der Waals surface area (Å²) in [5.41, 5.74) is 0.839. The van der Waals surface area contributed by atoms with Gasteiger partial charge < -0.3 is 14.8 Å². The molecule has 0 radical (unpaired) electrons. The lowest BCUT2D eigenvalue weighted by Crippen LogP contribution is -2.35. The monoisotopic (exact) mass is 307 g/mol. The molecule has 0 unspecified atom stereocenters. The molecular formula is C17H25NO4. The molecule has 1 aromatic rings. The highest BCUT2D eigenvalue weighted by atomic mass is 16.5. The number of ketones is 1. The zero-order valence-corrected chi connectivity index (χ0v) is 13.7. The van der Waals surface area contributed by atoms with Gasteiger partial charge in [-0.1, -0.05) is 13.8 Å². The van der Waals surface area contributed by atoms with Crippen LogP contribution < -0.4 is 10.1 Å². The van der Waals surface area contributed by atoms with Crippen LogP contribution in [0.4, 0.5) is 5.69 Å². The molecule has 2 atom stereocenters. The Morgan fingerprint density at radius 2 is 1.82 bits per heavy atom. The summed E-state index contributed by atoms with van der Waals surface area (Å²) < 4.78 is 10.1. The Bertz CT molecular complexity index is 484. The molecular weight excluding hydrogens is 282 g/mol. The van der Waals surface area contributed by atoms with Crippen molar-refractivity contribution in [3.8, 4) is 5.75 Å². The molecule has 0 saturated carbocycles. The maximum Gasteiger partial charge on any atom is 0.307 e. The number of carbonyl (C=O) groups excluding carboxylic acids is 2. The second-order valence-electron chi connectivity index (χ2n) is 5.10. The standard InChI is InChI=1S/C17H25NO4/c1-5-16(19)12(3)15(11-17(20)22-6-2)18-13-7-9-14(21-4)10-8-13/h7-10,12,15,18H,5-6,11H2,1-4H3/t12-,15+/m0/s1. The third-order valence-corrected chi connectivity index (χ3v) is 3.59. The van der Waals surface area contributed by atoms with Crippen LogP contribution in [0.5, 0.6) is 5.75 Å². The molecule has 1 N–H and O–H groups in total. The van der Waals surface area contributed by atoms with Gasteiger partial charge in [0.1, 0.15) is 11.5 Å². The Morgan fingerprint density at radius 3 is 2.32 bits per heavy atom. The number of hydrogen-bond acceptors (Lipinski definition) is 5. The number of esters is 1. The van der Waals surface area contributed by atoms with Crippen LogP contribution in [0.25, 0.3) is 0 Å². The number of benzene rings is 1. The van der Waals surface area contributed by atoms with Gasteiger partial charge >= 0.3 is 5.97 Å².